The number of carbonyl (C=O) groups is 1. The van der Waals surface area contributed by atoms with Crippen LogP contribution in [-0.4, -0.2) is 29.4 Å². The predicted octanol–water partition coefficient (Wildman–Crippen LogP) is 2.97. The molecule has 2 aromatic rings. The molecule has 0 bridgehead atoms. The Morgan fingerprint density at radius 2 is 1.93 bits per heavy atom. The van der Waals surface area contributed by atoms with Crippen molar-refractivity contribution in [2.75, 3.05) is 13.7 Å². The molecule has 0 spiro atoms. The summed E-state index contributed by atoms with van der Waals surface area (Å²) in [5.41, 5.74) is 2.44. The van der Waals surface area contributed by atoms with Crippen molar-refractivity contribution in [3.8, 4) is 0 Å². The zero-order valence-corrected chi connectivity index (χ0v) is 16.9. The number of hydrogen-bond donors (Lipinski definition) is 1. The monoisotopic (exact) mass is 383 g/mol. The number of ether oxygens (including phenoxy) is 1. The van der Waals surface area contributed by atoms with Gasteiger partial charge in [-0.2, -0.15) is 5.10 Å². The van der Waals surface area contributed by atoms with Gasteiger partial charge in [-0.1, -0.05) is 38.1 Å². The zero-order valence-electron chi connectivity index (χ0n) is 16.9. The number of methoxy groups -OCH3 is 1. The molecule has 6 nitrogen and oxygen atoms in total. The summed E-state index contributed by atoms with van der Waals surface area (Å²) in [7, 11) is 1.56. The van der Waals surface area contributed by atoms with Gasteiger partial charge in [-0.25, -0.2) is 4.68 Å². The molecule has 1 heterocycles. The van der Waals surface area contributed by atoms with Gasteiger partial charge in [-0.05, 0) is 48.3 Å². The summed E-state index contributed by atoms with van der Waals surface area (Å²) in [5.74, 6) is 0.818. The van der Waals surface area contributed by atoms with E-state index in [0.717, 1.165) is 24.8 Å². The molecular formula is C22H29N3O3. The van der Waals surface area contributed by atoms with Crippen molar-refractivity contribution >= 4 is 5.91 Å². The first-order chi connectivity index (χ1) is 13.5. The maximum Gasteiger partial charge on any atom is 0.272 e. The highest BCUT2D eigenvalue weighted by Gasteiger charge is 2.33. The minimum atomic E-state index is -0.255. The Labute approximate surface area is 165 Å². The number of hydrogen-bond acceptors (Lipinski definition) is 4. The standard InChI is InChI=1S/C22H29N3O3/c1-15(2)14-16-4-6-17(7-5-16)21(18-8-9-18)23-22(27)19-10-11-20(26)25(24-19)12-13-28-3/h4-7,10-11,15,18,21H,8-9,12-14H2,1-3H3,(H,23,27). The molecule has 6 heteroatoms. The van der Waals surface area contributed by atoms with Gasteiger partial charge in [0.25, 0.3) is 11.5 Å². The second-order valence-corrected chi connectivity index (χ2v) is 7.90. The van der Waals surface area contributed by atoms with E-state index in [9.17, 15) is 9.59 Å². The summed E-state index contributed by atoms with van der Waals surface area (Å²) in [5, 5.41) is 7.32. The summed E-state index contributed by atoms with van der Waals surface area (Å²) in [6, 6.07) is 11.4. The summed E-state index contributed by atoms with van der Waals surface area (Å²) in [4.78, 5) is 24.7. The molecule has 0 radical (unpaired) electrons. The number of carbonyl (C=O) groups excluding carboxylic acids is 1. The lowest BCUT2D eigenvalue weighted by atomic mass is 9.97. The SMILES string of the molecule is COCCn1nc(C(=O)NC(c2ccc(CC(C)C)cc2)C2CC2)ccc1=O. The molecule has 1 aliphatic carbocycles. The van der Waals surface area contributed by atoms with Gasteiger partial charge in [0.1, 0.15) is 5.69 Å². The third-order valence-electron chi connectivity index (χ3n) is 4.97. The first-order valence-corrected chi connectivity index (χ1v) is 9.94. The quantitative estimate of drug-likeness (QED) is 0.722. The molecule has 1 aliphatic rings. The van der Waals surface area contributed by atoms with E-state index in [1.165, 1.54) is 22.4 Å². The Hall–Kier alpha value is -2.47. The number of amides is 1. The van der Waals surface area contributed by atoms with E-state index in [1.54, 1.807) is 7.11 Å². The van der Waals surface area contributed by atoms with E-state index in [4.69, 9.17) is 4.74 Å². The largest absolute Gasteiger partial charge is 0.383 e. The van der Waals surface area contributed by atoms with E-state index in [2.05, 4.69) is 48.5 Å². The number of nitrogens with one attached hydrogen (secondary N) is 1. The van der Waals surface area contributed by atoms with Crippen LogP contribution in [0.25, 0.3) is 0 Å². The van der Waals surface area contributed by atoms with Gasteiger partial charge in [-0.15, -0.1) is 0 Å². The second kappa shape index (κ2) is 9.15. The van der Waals surface area contributed by atoms with Crippen LogP contribution in [0.1, 0.15) is 54.3 Å². The maximum atomic E-state index is 12.8. The second-order valence-electron chi connectivity index (χ2n) is 7.90. The van der Waals surface area contributed by atoms with E-state index in [1.807, 2.05) is 0 Å². The Balaban J connectivity index is 1.74. The van der Waals surface area contributed by atoms with Gasteiger partial charge in [-0.3, -0.25) is 9.59 Å². The molecule has 1 atom stereocenters. The maximum absolute atomic E-state index is 12.8. The van der Waals surface area contributed by atoms with E-state index >= 15 is 0 Å². The third-order valence-corrected chi connectivity index (χ3v) is 4.97. The molecule has 3 rings (SSSR count). The summed E-state index contributed by atoms with van der Waals surface area (Å²) >= 11 is 0. The molecule has 1 aromatic carbocycles. The predicted molar refractivity (Wildman–Crippen MR) is 108 cm³/mol. The Morgan fingerprint density at radius 3 is 2.54 bits per heavy atom. The van der Waals surface area contributed by atoms with Crippen LogP contribution in [-0.2, 0) is 17.7 Å². The fourth-order valence-electron chi connectivity index (χ4n) is 3.36. The van der Waals surface area contributed by atoms with Crippen LogP contribution in [0.3, 0.4) is 0 Å². The van der Waals surface area contributed by atoms with Crippen LogP contribution in [0.5, 0.6) is 0 Å². The van der Waals surface area contributed by atoms with Gasteiger partial charge < -0.3 is 10.1 Å². The van der Waals surface area contributed by atoms with Gasteiger partial charge in [0, 0.05) is 13.2 Å². The van der Waals surface area contributed by atoms with Gasteiger partial charge in [0.2, 0.25) is 0 Å². The van der Waals surface area contributed by atoms with Crippen molar-refractivity contribution in [3.05, 3.63) is 63.6 Å². The van der Waals surface area contributed by atoms with E-state index < -0.39 is 0 Å². The fraction of sp³-hybridized carbons (Fsp3) is 0.500. The Morgan fingerprint density at radius 1 is 1.21 bits per heavy atom. The van der Waals surface area contributed by atoms with Crippen LogP contribution < -0.4 is 10.9 Å². The lowest BCUT2D eigenvalue weighted by Crippen LogP contribution is -2.33. The van der Waals surface area contributed by atoms with Crippen molar-refractivity contribution in [2.45, 2.75) is 45.7 Å². The average Bonchev–Trinajstić information content (AvgIpc) is 3.50. The Bertz CT molecular complexity index is 854. The topological polar surface area (TPSA) is 73.2 Å². The molecule has 150 valence electrons. The smallest absolute Gasteiger partial charge is 0.272 e. The van der Waals surface area contributed by atoms with Gasteiger partial charge in [0.05, 0.1) is 19.2 Å². The fourth-order valence-corrected chi connectivity index (χ4v) is 3.36. The minimum Gasteiger partial charge on any atom is -0.383 e. The molecule has 1 aromatic heterocycles. The van der Waals surface area contributed by atoms with E-state index in [0.29, 0.717) is 25.0 Å². The van der Waals surface area contributed by atoms with Crippen molar-refractivity contribution in [1.82, 2.24) is 15.1 Å². The number of rotatable bonds is 9. The number of aromatic nitrogens is 2. The third kappa shape index (κ3) is 5.29. The van der Waals surface area contributed by atoms with Crippen molar-refractivity contribution in [2.24, 2.45) is 11.8 Å². The lowest BCUT2D eigenvalue weighted by molar-refractivity contribution is 0.0923. The van der Waals surface area contributed by atoms with Crippen molar-refractivity contribution in [3.63, 3.8) is 0 Å². The summed E-state index contributed by atoms with van der Waals surface area (Å²) in [6.45, 7) is 5.10. The van der Waals surface area contributed by atoms with Crippen molar-refractivity contribution in [1.29, 1.82) is 0 Å². The highest BCUT2D eigenvalue weighted by atomic mass is 16.5. The molecule has 1 amide bonds. The first-order valence-electron chi connectivity index (χ1n) is 9.94. The number of nitrogens with zero attached hydrogens (tertiary/aromatic N) is 2. The molecule has 1 unspecified atom stereocenters. The molecular weight excluding hydrogens is 354 g/mol. The van der Waals surface area contributed by atoms with Crippen LogP contribution in [0.4, 0.5) is 0 Å². The van der Waals surface area contributed by atoms with Gasteiger partial charge in [0.15, 0.2) is 0 Å². The lowest BCUT2D eigenvalue weighted by Gasteiger charge is -2.19. The van der Waals surface area contributed by atoms with Crippen LogP contribution in [0.15, 0.2) is 41.2 Å². The summed E-state index contributed by atoms with van der Waals surface area (Å²) < 4.78 is 6.27. The first kappa shape index (κ1) is 20.3. The molecule has 0 aliphatic heterocycles. The molecule has 1 fully saturated rings. The molecule has 1 saturated carbocycles. The van der Waals surface area contributed by atoms with Crippen LogP contribution in [0.2, 0.25) is 0 Å². The van der Waals surface area contributed by atoms with E-state index in [-0.39, 0.29) is 23.2 Å². The highest BCUT2D eigenvalue weighted by Crippen LogP contribution is 2.41. The molecule has 28 heavy (non-hydrogen) atoms. The minimum absolute atomic E-state index is 0.0262. The van der Waals surface area contributed by atoms with Crippen LogP contribution >= 0.6 is 0 Å². The number of benzene rings is 1. The Kier molecular flexibility index (Phi) is 6.62. The zero-order chi connectivity index (χ0) is 20.1. The highest BCUT2D eigenvalue weighted by molar-refractivity contribution is 5.92. The van der Waals surface area contributed by atoms with Crippen molar-refractivity contribution < 1.29 is 9.53 Å². The summed E-state index contributed by atoms with van der Waals surface area (Å²) in [6.07, 6.45) is 3.27. The molecule has 0 saturated heterocycles. The average molecular weight is 383 g/mol. The molecule has 1 N–H and O–H groups in total. The van der Waals surface area contributed by atoms with Gasteiger partial charge >= 0.3 is 0 Å². The normalized spacial score (nSPS) is 14.9. The van der Waals surface area contributed by atoms with Crippen LogP contribution in [0, 0.1) is 11.8 Å².